The molecule has 1 unspecified atom stereocenters. The molecule has 2 N–H and O–H groups in total. The smallest absolute Gasteiger partial charge is 0.252 e. The molecule has 154 valence electrons. The number of nitrogens with one attached hydrogen (secondary N) is 2. The van der Waals surface area contributed by atoms with Crippen molar-refractivity contribution in [3.05, 3.63) is 52.3 Å². The molecule has 6 nitrogen and oxygen atoms in total. The molecular weight excluding hydrogens is 411 g/mol. The average molecular weight is 435 g/mol. The number of hydrogen-bond acceptors (Lipinski definition) is 4. The second-order valence-corrected chi connectivity index (χ2v) is 7.82. The van der Waals surface area contributed by atoms with Crippen molar-refractivity contribution in [1.82, 2.24) is 10.3 Å². The van der Waals surface area contributed by atoms with E-state index in [0.717, 1.165) is 25.2 Å². The highest BCUT2D eigenvalue weighted by molar-refractivity contribution is 6.33. The quantitative estimate of drug-likeness (QED) is 0.627. The number of carbonyl (C=O) groups is 2. The number of pyridine rings is 1. The lowest BCUT2D eigenvalue weighted by molar-refractivity contribution is -0.118. The molecule has 0 spiro atoms. The number of rotatable bonds is 7. The van der Waals surface area contributed by atoms with Crippen LogP contribution in [-0.2, 0) is 4.79 Å². The summed E-state index contributed by atoms with van der Waals surface area (Å²) in [6.07, 6.45) is 3.62. The van der Waals surface area contributed by atoms with Crippen LogP contribution in [0.15, 0.2) is 36.4 Å². The molecule has 1 aliphatic rings. The summed E-state index contributed by atoms with van der Waals surface area (Å²) in [5, 5.41) is 5.94. The normalized spacial score (nSPS) is 14.5. The van der Waals surface area contributed by atoms with E-state index in [-0.39, 0.29) is 21.8 Å². The van der Waals surface area contributed by atoms with E-state index in [0.29, 0.717) is 12.1 Å². The summed E-state index contributed by atoms with van der Waals surface area (Å²) in [5.74, 6) is -0.680. The minimum atomic E-state index is -0.673. The maximum Gasteiger partial charge on any atom is 0.252 e. The third-order valence-corrected chi connectivity index (χ3v) is 5.20. The van der Waals surface area contributed by atoms with Gasteiger partial charge in [-0.15, -0.1) is 0 Å². The Morgan fingerprint density at radius 1 is 1.14 bits per heavy atom. The van der Waals surface area contributed by atoms with Gasteiger partial charge in [-0.1, -0.05) is 42.6 Å². The molecule has 8 heteroatoms. The zero-order valence-electron chi connectivity index (χ0n) is 16.3. The highest BCUT2D eigenvalue weighted by Crippen LogP contribution is 2.23. The molecule has 2 amide bonds. The zero-order valence-corrected chi connectivity index (χ0v) is 17.8. The summed E-state index contributed by atoms with van der Waals surface area (Å²) in [5.41, 5.74) is 2.07. The number of anilines is 2. The molecule has 0 bridgehead atoms. The average Bonchev–Trinajstić information content (AvgIpc) is 3.22. The first-order chi connectivity index (χ1) is 14.0. The molecule has 0 radical (unpaired) electrons. The highest BCUT2D eigenvalue weighted by Gasteiger charge is 2.22. The van der Waals surface area contributed by atoms with Gasteiger partial charge in [0, 0.05) is 30.0 Å². The number of halogens is 2. The van der Waals surface area contributed by atoms with Gasteiger partial charge in [0.15, 0.2) is 0 Å². The van der Waals surface area contributed by atoms with E-state index in [1.165, 1.54) is 25.0 Å². The molecule has 1 aromatic carbocycles. The summed E-state index contributed by atoms with van der Waals surface area (Å²) in [7, 11) is 0. The Kier molecular flexibility index (Phi) is 7.34. The van der Waals surface area contributed by atoms with Gasteiger partial charge in [-0.05, 0) is 49.6 Å². The van der Waals surface area contributed by atoms with Crippen molar-refractivity contribution in [1.29, 1.82) is 0 Å². The lowest BCUT2D eigenvalue weighted by Gasteiger charge is -2.20. The molecule has 1 aliphatic heterocycles. The fourth-order valence-electron chi connectivity index (χ4n) is 3.38. The van der Waals surface area contributed by atoms with Gasteiger partial charge in [0.05, 0.1) is 0 Å². The van der Waals surface area contributed by atoms with Crippen LogP contribution in [0.25, 0.3) is 0 Å². The van der Waals surface area contributed by atoms with Gasteiger partial charge >= 0.3 is 0 Å². The number of hydrogen-bond donors (Lipinski definition) is 2. The maximum absolute atomic E-state index is 12.8. The van der Waals surface area contributed by atoms with Crippen LogP contribution in [0.2, 0.25) is 10.3 Å². The van der Waals surface area contributed by atoms with Crippen LogP contribution in [0.4, 0.5) is 11.4 Å². The van der Waals surface area contributed by atoms with Crippen LogP contribution < -0.4 is 15.5 Å². The van der Waals surface area contributed by atoms with Gasteiger partial charge in [0.2, 0.25) is 5.91 Å². The first-order valence-corrected chi connectivity index (χ1v) is 10.5. The molecule has 1 saturated heterocycles. The van der Waals surface area contributed by atoms with E-state index in [1.54, 1.807) is 0 Å². The zero-order chi connectivity index (χ0) is 20.8. The van der Waals surface area contributed by atoms with E-state index in [2.05, 4.69) is 20.5 Å². The molecule has 2 aromatic rings. The minimum Gasteiger partial charge on any atom is -0.371 e. The SMILES string of the molecule is CCCC(NC(=O)c1cc(Cl)nc(Cl)c1)C(=O)Nc1cccc(N2CCCC2)c1. The Morgan fingerprint density at radius 2 is 1.83 bits per heavy atom. The molecule has 1 aromatic heterocycles. The van der Waals surface area contributed by atoms with Gasteiger partial charge in [-0.3, -0.25) is 9.59 Å². The Balaban J connectivity index is 1.69. The summed E-state index contributed by atoms with van der Waals surface area (Å²) < 4.78 is 0. The summed E-state index contributed by atoms with van der Waals surface area (Å²) in [6.45, 7) is 4.02. The van der Waals surface area contributed by atoms with E-state index in [4.69, 9.17) is 23.2 Å². The van der Waals surface area contributed by atoms with Crippen LogP contribution in [0.5, 0.6) is 0 Å². The van der Waals surface area contributed by atoms with Crippen molar-refractivity contribution in [2.75, 3.05) is 23.3 Å². The Bertz CT molecular complexity index is 864. The van der Waals surface area contributed by atoms with E-state index >= 15 is 0 Å². The number of benzene rings is 1. The monoisotopic (exact) mass is 434 g/mol. The van der Waals surface area contributed by atoms with Crippen LogP contribution in [-0.4, -0.2) is 35.9 Å². The maximum atomic E-state index is 12.8. The number of nitrogens with zero attached hydrogens (tertiary/aromatic N) is 2. The molecule has 2 heterocycles. The fourth-order valence-corrected chi connectivity index (χ4v) is 3.84. The van der Waals surface area contributed by atoms with Crippen LogP contribution in [0.3, 0.4) is 0 Å². The number of carbonyl (C=O) groups excluding carboxylic acids is 2. The second kappa shape index (κ2) is 9.94. The highest BCUT2D eigenvalue weighted by atomic mass is 35.5. The van der Waals surface area contributed by atoms with E-state index in [9.17, 15) is 9.59 Å². The van der Waals surface area contributed by atoms with Gasteiger partial charge in [0.1, 0.15) is 16.3 Å². The summed E-state index contributed by atoms with van der Waals surface area (Å²) in [6, 6.07) is 9.96. The third kappa shape index (κ3) is 5.84. The van der Waals surface area contributed by atoms with Crippen molar-refractivity contribution in [3.8, 4) is 0 Å². The first kappa shape index (κ1) is 21.4. The molecular formula is C21H24Cl2N4O2. The Hall–Kier alpha value is -2.31. The molecule has 1 atom stereocenters. The summed E-state index contributed by atoms with van der Waals surface area (Å²) in [4.78, 5) is 31.5. The predicted octanol–water partition coefficient (Wildman–Crippen LogP) is 4.53. The molecule has 0 aliphatic carbocycles. The topological polar surface area (TPSA) is 74.3 Å². The van der Waals surface area contributed by atoms with Crippen LogP contribution in [0.1, 0.15) is 43.0 Å². The standard InChI is InChI=1S/C21H24Cl2N4O2/c1-2-6-17(25-20(28)14-11-18(22)26-19(23)12-14)21(29)24-15-7-5-8-16(13-15)27-9-3-4-10-27/h5,7-8,11-13,17H,2-4,6,9-10H2,1H3,(H,24,29)(H,25,28). The van der Waals surface area contributed by atoms with Gasteiger partial charge in [-0.25, -0.2) is 4.98 Å². The molecule has 1 fully saturated rings. The lowest BCUT2D eigenvalue weighted by Crippen LogP contribution is -2.43. The molecule has 3 rings (SSSR count). The van der Waals surface area contributed by atoms with Crippen LogP contribution >= 0.6 is 23.2 Å². The molecule has 0 saturated carbocycles. The van der Waals surface area contributed by atoms with Gasteiger partial charge in [-0.2, -0.15) is 0 Å². The van der Waals surface area contributed by atoms with Crippen molar-refractivity contribution < 1.29 is 9.59 Å². The van der Waals surface area contributed by atoms with Gasteiger partial charge in [0.25, 0.3) is 5.91 Å². The number of amides is 2. The van der Waals surface area contributed by atoms with Crippen molar-refractivity contribution in [3.63, 3.8) is 0 Å². The second-order valence-electron chi connectivity index (χ2n) is 7.05. The number of aromatic nitrogens is 1. The van der Waals surface area contributed by atoms with E-state index < -0.39 is 11.9 Å². The predicted molar refractivity (Wildman–Crippen MR) is 117 cm³/mol. The van der Waals surface area contributed by atoms with Crippen molar-refractivity contribution >= 4 is 46.4 Å². The van der Waals surface area contributed by atoms with Crippen molar-refractivity contribution in [2.45, 2.75) is 38.6 Å². The Labute approximate surface area is 180 Å². The third-order valence-electron chi connectivity index (χ3n) is 4.81. The summed E-state index contributed by atoms with van der Waals surface area (Å²) >= 11 is 11.7. The minimum absolute atomic E-state index is 0.123. The van der Waals surface area contributed by atoms with Gasteiger partial charge < -0.3 is 15.5 Å². The van der Waals surface area contributed by atoms with Crippen LogP contribution in [0, 0.1) is 0 Å². The Morgan fingerprint density at radius 3 is 2.48 bits per heavy atom. The van der Waals surface area contributed by atoms with E-state index in [1.807, 2.05) is 31.2 Å². The molecule has 29 heavy (non-hydrogen) atoms. The first-order valence-electron chi connectivity index (χ1n) is 9.76. The van der Waals surface area contributed by atoms with Crippen molar-refractivity contribution in [2.24, 2.45) is 0 Å². The largest absolute Gasteiger partial charge is 0.371 e. The lowest BCUT2D eigenvalue weighted by atomic mass is 10.1. The fraction of sp³-hybridized carbons (Fsp3) is 0.381.